The fourth-order valence-electron chi connectivity index (χ4n) is 3.20. The van der Waals surface area contributed by atoms with Crippen LogP contribution in [0.4, 0.5) is 5.69 Å². The van der Waals surface area contributed by atoms with Crippen LogP contribution in [-0.2, 0) is 9.63 Å². The summed E-state index contributed by atoms with van der Waals surface area (Å²) in [5.41, 5.74) is 1.97. The highest BCUT2D eigenvalue weighted by Crippen LogP contribution is 2.45. The minimum Gasteiger partial charge on any atom is -0.302 e. The number of fused-ring (bicyclic) bond motifs is 1. The van der Waals surface area contributed by atoms with Crippen molar-refractivity contribution in [1.82, 2.24) is 0 Å². The second-order valence-electron chi connectivity index (χ2n) is 5.99. The first kappa shape index (κ1) is 15.4. The molecule has 1 saturated heterocycles. The molecule has 1 aliphatic rings. The molecule has 24 heavy (non-hydrogen) atoms. The quantitative estimate of drug-likeness (QED) is 0.487. The molecule has 0 N–H and O–H groups in total. The maximum Gasteiger partial charge on any atom is 0.141 e. The van der Waals surface area contributed by atoms with Crippen molar-refractivity contribution in [3.63, 3.8) is 0 Å². The van der Waals surface area contributed by atoms with Crippen LogP contribution in [0, 0.1) is 0 Å². The molecular weight excluding hydrogens is 366 g/mol. The van der Waals surface area contributed by atoms with Crippen molar-refractivity contribution in [2.75, 3.05) is 11.7 Å². The van der Waals surface area contributed by atoms with Crippen molar-refractivity contribution in [3.8, 4) is 0 Å². The van der Waals surface area contributed by atoms with Gasteiger partial charge in [-0.05, 0) is 34.5 Å². The number of hydroxylamine groups is 1. The van der Waals surface area contributed by atoms with E-state index < -0.39 is 4.32 Å². The molecule has 3 nitrogen and oxygen atoms in total. The molecular formula is C20H16BrNO2. The van der Waals surface area contributed by atoms with Gasteiger partial charge in [0, 0.05) is 0 Å². The molecule has 0 amide bonds. The van der Waals surface area contributed by atoms with Crippen molar-refractivity contribution in [3.05, 3.63) is 78.4 Å². The zero-order valence-electron chi connectivity index (χ0n) is 12.9. The van der Waals surface area contributed by atoms with Crippen LogP contribution in [0.2, 0.25) is 0 Å². The van der Waals surface area contributed by atoms with E-state index in [1.54, 1.807) is 0 Å². The number of para-hydroxylation sites is 1. The van der Waals surface area contributed by atoms with Crippen LogP contribution in [0.25, 0.3) is 10.8 Å². The van der Waals surface area contributed by atoms with Gasteiger partial charge in [0.25, 0.3) is 0 Å². The fourth-order valence-corrected chi connectivity index (χ4v) is 3.76. The Kier molecular flexibility index (Phi) is 3.87. The molecule has 3 aromatic rings. The third kappa shape index (κ3) is 2.52. The van der Waals surface area contributed by atoms with Gasteiger partial charge in [0.15, 0.2) is 0 Å². The lowest BCUT2D eigenvalue weighted by molar-refractivity contribution is -0.109. The Morgan fingerprint density at radius 2 is 1.71 bits per heavy atom. The molecule has 0 bridgehead atoms. The van der Waals surface area contributed by atoms with Crippen LogP contribution in [-0.4, -0.2) is 17.2 Å². The Balaban J connectivity index is 1.84. The third-order valence-corrected chi connectivity index (χ3v) is 5.26. The minimum absolute atomic E-state index is 0.234. The zero-order valence-corrected chi connectivity index (χ0v) is 14.5. The van der Waals surface area contributed by atoms with Crippen molar-refractivity contribution < 1.29 is 9.63 Å². The number of halogens is 1. The van der Waals surface area contributed by atoms with E-state index in [9.17, 15) is 4.79 Å². The highest BCUT2D eigenvalue weighted by molar-refractivity contribution is 9.10. The number of hydrogen-bond donors (Lipinski definition) is 0. The Morgan fingerprint density at radius 3 is 2.46 bits per heavy atom. The standard InChI is InChI=1S/C20H16BrNO2/c21-20(13-23)14-24-22(18-8-2-1-3-9-18)19(20)17-11-10-15-6-4-5-7-16(15)12-17/h1-13,19H,14H2/t19-,20-/m1/s1. The van der Waals surface area contributed by atoms with E-state index in [4.69, 9.17) is 4.84 Å². The number of hydrogen-bond acceptors (Lipinski definition) is 3. The SMILES string of the molecule is O=C[C@@]1(Br)CON(c2ccccc2)[C@@H]1c1ccc2ccccc2c1. The fraction of sp³-hybridized carbons (Fsp3) is 0.150. The summed E-state index contributed by atoms with van der Waals surface area (Å²) in [6, 6.07) is 24.1. The van der Waals surface area contributed by atoms with Crippen molar-refractivity contribution in [2.45, 2.75) is 10.4 Å². The minimum atomic E-state index is -0.773. The first-order valence-corrected chi connectivity index (χ1v) is 8.62. The van der Waals surface area contributed by atoms with E-state index in [1.165, 1.54) is 5.39 Å². The number of anilines is 1. The number of alkyl halides is 1. The number of carbonyl (C=O) groups is 1. The summed E-state index contributed by atoms with van der Waals surface area (Å²) in [5, 5.41) is 4.15. The first-order chi connectivity index (χ1) is 11.7. The van der Waals surface area contributed by atoms with Crippen LogP contribution in [0.1, 0.15) is 11.6 Å². The summed E-state index contributed by atoms with van der Waals surface area (Å²) in [7, 11) is 0. The zero-order chi connectivity index (χ0) is 16.6. The molecule has 120 valence electrons. The van der Waals surface area contributed by atoms with Crippen LogP contribution in [0.15, 0.2) is 72.8 Å². The summed E-state index contributed by atoms with van der Waals surface area (Å²) >= 11 is 3.62. The summed E-state index contributed by atoms with van der Waals surface area (Å²) < 4.78 is -0.773. The first-order valence-electron chi connectivity index (χ1n) is 7.82. The Bertz CT molecular complexity index is 883. The largest absolute Gasteiger partial charge is 0.302 e. The lowest BCUT2D eigenvalue weighted by atomic mass is 9.93. The van der Waals surface area contributed by atoms with Gasteiger partial charge in [-0.25, -0.2) is 5.06 Å². The summed E-state index contributed by atoms with van der Waals surface area (Å²) in [4.78, 5) is 17.7. The molecule has 2 atom stereocenters. The molecule has 0 unspecified atom stereocenters. The van der Waals surface area contributed by atoms with Gasteiger partial charge in [0.05, 0.1) is 12.3 Å². The predicted octanol–water partition coefficient (Wildman–Crippen LogP) is 4.67. The smallest absolute Gasteiger partial charge is 0.141 e. The predicted molar refractivity (Wildman–Crippen MR) is 99.3 cm³/mol. The normalized spacial score (nSPS) is 23.5. The average Bonchev–Trinajstić information content (AvgIpc) is 3.00. The van der Waals surface area contributed by atoms with E-state index in [0.29, 0.717) is 6.61 Å². The van der Waals surface area contributed by atoms with Gasteiger partial charge in [-0.15, -0.1) is 0 Å². The molecule has 0 spiro atoms. The second-order valence-corrected chi connectivity index (χ2v) is 7.46. The van der Waals surface area contributed by atoms with E-state index in [1.807, 2.05) is 47.5 Å². The van der Waals surface area contributed by atoms with Crippen molar-refractivity contribution in [2.24, 2.45) is 0 Å². The van der Waals surface area contributed by atoms with Crippen molar-refractivity contribution >= 4 is 38.7 Å². The number of rotatable bonds is 3. The van der Waals surface area contributed by atoms with Crippen LogP contribution >= 0.6 is 15.9 Å². The number of aldehydes is 1. The topological polar surface area (TPSA) is 29.5 Å². The molecule has 0 radical (unpaired) electrons. The lowest BCUT2D eigenvalue weighted by Crippen LogP contribution is -2.35. The molecule has 1 aliphatic heterocycles. The van der Waals surface area contributed by atoms with Gasteiger partial charge in [0.2, 0.25) is 0 Å². The van der Waals surface area contributed by atoms with Gasteiger partial charge in [0.1, 0.15) is 16.7 Å². The van der Waals surface area contributed by atoms with E-state index in [-0.39, 0.29) is 6.04 Å². The second kappa shape index (κ2) is 6.04. The van der Waals surface area contributed by atoms with Gasteiger partial charge < -0.3 is 4.79 Å². The highest BCUT2D eigenvalue weighted by Gasteiger charge is 2.48. The van der Waals surface area contributed by atoms with Crippen LogP contribution < -0.4 is 5.06 Å². The molecule has 1 heterocycles. The molecule has 4 rings (SSSR count). The molecule has 0 saturated carbocycles. The lowest BCUT2D eigenvalue weighted by Gasteiger charge is -2.29. The Hall–Kier alpha value is -2.17. The highest BCUT2D eigenvalue weighted by atomic mass is 79.9. The number of nitrogens with zero attached hydrogens (tertiary/aromatic N) is 1. The monoisotopic (exact) mass is 381 g/mol. The molecule has 4 heteroatoms. The number of carbonyl (C=O) groups excluding carboxylic acids is 1. The van der Waals surface area contributed by atoms with Gasteiger partial charge in [-0.3, -0.25) is 4.84 Å². The van der Waals surface area contributed by atoms with E-state index in [2.05, 4.69) is 46.3 Å². The van der Waals surface area contributed by atoms with Gasteiger partial charge >= 0.3 is 0 Å². The van der Waals surface area contributed by atoms with E-state index >= 15 is 0 Å². The Labute approximate surface area is 148 Å². The average molecular weight is 382 g/mol. The number of benzene rings is 3. The molecule has 0 aliphatic carbocycles. The van der Waals surface area contributed by atoms with Gasteiger partial charge in [-0.1, -0.05) is 70.5 Å². The Morgan fingerprint density at radius 1 is 1.00 bits per heavy atom. The van der Waals surface area contributed by atoms with E-state index in [0.717, 1.165) is 22.9 Å². The summed E-state index contributed by atoms with van der Waals surface area (Å²) in [6.07, 6.45) is 0.940. The summed E-state index contributed by atoms with van der Waals surface area (Å²) in [5.74, 6) is 0. The summed E-state index contributed by atoms with van der Waals surface area (Å²) in [6.45, 7) is 0.295. The maximum absolute atomic E-state index is 11.8. The maximum atomic E-state index is 11.8. The molecule has 3 aromatic carbocycles. The van der Waals surface area contributed by atoms with Gasteiger partial charge in [-0.2, -0.15) is 0 Å². The molecule has 0 aromatic heterocycles. The third-order valence-electron chi connectivity index (χ3n) is 4.41. The van der Waals surface area contributed by atoms with Crippen LogP contribution in [0.3, 0.4) is 0 Å². The van der Waals surface area contributed by atoms with Crippen molar-refractivity contribution in [1.29, 1.82) is 0 Å². The molecule has 1 fully saturated rings. The van der Waals surface area contributed by atoms with Crippen LogP contribution in [0.5, 0.6) is 0 Å².